The Bertz CT molecular complexity index is 337. The van der Waals surface area contributed by atoms with Gasteiger partial charge >= 0.3 is 6.18 Å². The van der Waals surface area contributed by atoms with E-state index >= 15 is 0 Å². The molecule has 0 aliphatic heterocycles. The highest BCUT2D eigenvalue weighted by Gasteiger charge is 2.45. The van der Waals surface area contributed by atoms with Crippen molar-refractivity contribution in [2.75, 3.05) is 0 Å². The molecule has 1 heterocycles. The second-order valence-electron chi connectivity index (χ2n) is 4.45. The fourth-order valence-corrected chi connectivity index (χ4v) is 3.17. The fourth-order valence-electron chi connectivity index (χ4n) is 2.27. The van der Waals surface area contributed by atoms with E-state index < -0.39 is 17.6 Å². The summed E-state index contributed by atoms with van der Waals surface area (Å²) < 4.78 is 37.5. The van der Waals surface area contributed by atoms with Crippen molar-refractivity contribution < 1.29 is 13.2 Å². The second-order valence-corrected chi connectivity index (χ2v) is 5.40. The Balaban J connectivity index is 2.05. The molecule has 2 N–H and O–H groups in total. The molecule has 0 saturated heterocycles. The van der Waals surface area contributed by atoms with Gasteiger partial charge in [-0.15, -0.1) is 11.3 Å². The minimum atomic E-state index is -4.06. The molecule has 0 bridgehead atoms. The second kappa shape index (κ2) is 4.04. The molecule has 1 aromatic heterocycles. The van der Waals surface area contributed by atoms with Gasteiger partial charge in [-0.2, -0.15) is 13.2 Å². The molecular formula is C11H14F3NS. The first-order valence-corrected chi connectivity index (χ1v) is 6.19. The van der Waals surface area contributed by atoms with E-state index in [4.69, 9.17) is 5.73 Å². The van der Waals surface area contributed by atoms with E-state index in [0.717, 1.165) is 4.88 Å². The highest BCUT2D eigenvalue weighted by atomic mass is 32.1. The maximum absolute atomic E-state index is 12.5. The van der Waals surface area contributed by atoms with Gasteiger partial charge in [0.1, 0.15) is 0 Å². The summed E-state index contributed by atoms with van der Waals surface area (Å²) in [6.45, 7) is 0. The van der Waals surface area contributed by atoms with Crippen LogP contribution in [0.5, 0.6) is 0 Å². The van der Waals surface area contributed by atoms with Gasteiger partial charge in [0.2, 0.25) is 0 Å². The third-order valence-corrected chi connectivity index (χ3v) is 4.44. The molecule has 0 atom stereocenters. The van der Waals surface area contributed by atoms with E-state index in [1.165, 1.54) is 11.3 Å². The van der Waals surface area contributed by atoms with E-state index in [2.05, 4.69) is 0 Å². The molecule has 1 aliphatic carbocycles. The van der Waals surface area contributed by atoms with Crippen molar-refractivity contribution in [3.8, 4) is 0 Å². The van der Waals surface area contributed by atoms with Crippen LogP contribution in [0.15, 0.2) is 17.5 Å². The van der Waals surface area contributed by atoms with Gasteiger partial charge in [-0.25, -0.2) is 0 Å². The van der Waals surface area contributed by atoms with Crippen molar-refractivity contribution in [1.82, 2.24) is 0 Å². The lowest BCUT2D eigenvalue weighted by molar-refractivity contribution is -0.184. The van der Waals surface area contributed by atoms with Gasteiger partial charge in [0.25, 0.3) is 0 Å². The summed E-state index contributed by atoms with van der Waals surface area (Å²) in [7, 11) is 0. The minimum absolute atomic E-state index is 0.151. The molecular weight excluding hydrogens is 235 g/mol. The quantitative estimate of drug-likeness (QED) is 0.807. The third kappa shape index (κ3) is 2.25. The Hall–Kier alpha value is -0.550. The van der Waals surface area contributed by atoms with Gasteiger partial charge < -0.3 is 5.73 Å². The Morgan fingerprint density at radius 1 is 1.31 bits per heavy atom. The van der Waals surface area contributed by atoms with Crippen LogP contribution in [0.4, 0.5) is 13.2 Å². The lowest BCUT2D eigenvalue weighted by Gasteiger charge is -2.37. The molecule has 90 valence electrons. The molecule has 0 radical (unpaired) electrons. The maximum Gasteiger partial charge on any atom is 0.391 e. The zero-order chi connectivity index (χ0) is 11.8. The standard InChI is InChI=1S/C11H14F3NS/c12-11(13,14)8-3-5-10(15,6-4-8)9-2-1-7-16-9/h1-2,7-8H,3-6,15H2. The van der Waals surface area contributed by atoms with E-state index in [1.54, 1.807) is 0 Å². The van der Waals surface area contributed by atoms with Crippen LogP contribution in [0.2, 0.25) is 0 Å². The summed E-state index contributed by atoms with van der Waals surface area (Å²) in [5.74, 6) is -1.16. The maximum atomic E-state index is 12.5. The average Bonchev–Trinajstić information content (AvgIpc) is 2.70. The summed E-state index contributed by atoms with van der Waals surface area (Å²) >= 11 is 1.53. The van der Waals surface area contributed by atoms with Crippen LogP contribution < -0.4 is 5.73 Å². The molecule has 0 unspecified atom stereocenters. The van der Waals surface area contributed by atoms with E-state index in [0.29, 0.717) is 12.8 Å². The van der Waals surface area contributed by atoms with E-state index in [9.17, 15) is 13.2 Å². The van der Waals surface area contributed by atoms with E-state index in [-0.39, 0.29) is 12.8 Å². The number of halogens is 3. The molecule has 0 aromatic carbocycles. The molecule has 1 fully saturated rings. The first kappa shape index (κ1) is 11.9. The van der Waals surface area contributed by atoms with Crippen LogP contribution in [0.25, 0.3) is 0 Å². The van der Waals surface area contributed by atoms with Crippen molar-refractivity contribution in [1.29, 1.82) is 0 Å². The molecule has 2 rings (SSSR count). The van der Waals surface area contributed by atoms with Gasteiger partial charge in [0, 0.05) is 4.88 Å². The minimum Gasteiger partial charge on any atom is -0.321 e. The van der Waals surface area contributed by atoms with Crippen LogP contribution in [0.3, 0.4) is 0 Å². The van der Waals surface area contributed by atoms with Crippen molar-refractivity contribution in [3.05, 3.63) is 22.4 Å². The zero-order valence-corrected chi connectivity index (χ0v) is 9.57. The van der Waals surface area contributed by atoms with Crippen molar-refractivity contribution in [3.63, 3.8) is 0 Å². The van der Waals surface area contributed by atoms with Gasteiger partial charge in [-0.3, -0.25) is 0 Å². The number of hydrogen-bond acceptors (Lipinski definition) is 2. The first-order chi connectivity index (χ1) is 7.42. The fraction of sp³-hybridized carbons (Fsp3) is 0.636. The normalized spacial score (nSPS) is 31.6. The first-order valence-electron chi connectivity index (χ1n) is 5.31. The highest BCUT2D eigenvalue weighted by molar-refractivity contribution is 7.10. The van der Waals surface area contributed by atoms with Crippen molar-refractivity contribution >= 4 is 11.3 Å². The highest BCUT2D eigenvalue weighted by Crippen LogP contribution is 2.44. The number of nitrogens with two attached hydrogens (primary N) is 1. The molecule has 5 heteroatoms. The van der Waals surface area contributed by atoms with Crippen LogP contribution >= 0.6 is 11.3 Å². The Morgan fingerprint density at radius 2 is 1.94 bits per heavy atom. The Labute approximate surface area is 96.5 Å². The Kier molecular flexibility index (Phi) is 3.01. The summed E-state index contributed by atoms with van der Waals surface area (Å²) in [6, 6.07) is 3.81. The smallest absolute Gasteiger partial charge is 0.321 e. The summed E-state index contributed by atoms with van der Waals surface area (Å²) in [5.41, 5.74) is 5.64. The van der Waals surface area contributed by atoms with Crippen molar-refractivity contribution in [2.45, 2.75) is 37.4 Å². The Morgan fingerprint density at radius 3 is 2.38 bits per heavy atom. The number of rotatable bonds is 1. The van der Waals surface area contributed by atoms with Gasteiger partial charge in [0.05, 0.1) is 11.5 Å². The molecule has 1 saturated carbocycles. The summed E-state index contributed by atoms with van der Waals surface area (Å²) in [6.07, 6.45) is -2.90. The predicted octanol–water partition coefficient (Wildman–Crippen LogP) is 3.65. The summed E-state index contributed by atoms with van der Waals surface area (Å²) in [4.78, 5) is 1.01. The largest absolute Gasteiger partial charge is 0.391 e. The SMILES string of the molecule is NC1(c2cccs2)CCC(C(F)(F)F)CC1. The lowest BCUT2D eigenvalue weighted by atomic mass is 9.76. The lowest BCUT2D eigenvalue weighted by Crippen LogP contribution is -2.42. The monoisotopic (exact) mass is 249 g/mol. The number of hydrogen-bond donors (Lipinski definition) is 1. The zero-order valence-electron chi connectivity index (χ0n) is 8.76. The molecule has 1 aliphatic rings. The van der Waals surface area contributed by atoms with Gasteiger partial charge in [-0.1, -0.05) is 6.07 Å². The molecule has 0 spiro atoms. The summed E-state index contributed by atoms with van der Waals surface area (Å²) in [5, 5.41) is 1.92. The van der Waals surface area contributed by atoms with Crippen LogP contribution in [-0.4, -0.2) is 6.18 Å². The van der Waals surface area contributed by atoms with Gasteiger partial charge in [-0.05, 0) is 37.1 Å². The topological polar surface area (TPSA) is 26.0 Å². The van der Waals surface area contributed by atoms with Crippen LogP contribution in [0, 0.1) is 5.92 Å². The number of thiophene rings is 1. The number of alkyl halides is 3. The molecule has 1 aromatic rings. The third-order valence-electron chi connectivity index (χ3n) is 3.35. The molecule has 1 nitrogen and oxygen atoms in total. The molecule has 0 amide bonds. The predicted molar refractivity (Wildman–Crippen MR) is 58.2 cm³/mol. The molecule has 16 heavy (non-hydrogen) atoms. The van der Waals surface area contributed by atoms with Gasteiger partial charge in [0.15, 0.2) is 0 Å². The van der Waals surface area contributed by atoms with Crippen LogP contribution in [-0.2, 0) is 5.54 Å². The van der Waals surface area contributed by atoms with Crippen LogP contribution in [0.1, 0.15) is 30.6 Å². The van der Waals surface area contributed by atoms with Crippen molar-refractivity contribution in [2.24, 2.45) is 11.7 Å². The van der Waals surface area contributed by atoms with E-state index in [1.807, 2.05) is 17.5 Å². The average molecular weight is 249 g/mol.